The number of nitrogens with two attached hydrogens (primary N) is 1. The first-order chi connectivity index (χ1) is 16.3. The minimum Gasteiger partial charge on any atom is -0.382 e. The second-order valence-electron chi connectivity index (χ2n) is 10.2. The lowest BCUT2D eigenvalue weighted by Gasteiger charge is -2.30. The first-order valence-electron chi connectivity index (χ1n) is 12.0. The summed E-state index contributed by atoms with van der Waals surface area (Å²) in [6, 6.07) is 3.34. The van der Waals surface area contributed by atoms with Crippen LogP contribution in [0.25, 0.3) is 5.69 Å². The maximum atomic E-state index is 15.1. The van der Waals surface area contributed by atoms with Gasteiger partial charge in [-0.3, -0.25) is 13.8 Å². The topological polar surface area (TPSA) is 94.2 Å². The molecule has 3 aliphatic rings. The molecule has 5 rings (SSSR count). The molecular formula is C26H34FN3O3S. The normalized spacial score (nSPS) is 22.9. The standard InChI is InChI=1S/C25H29FN2O3S.CH5N/c1-25(2)12-22-24(23(30)13-25)17-4-3-5-21(17)28(22)16-10-19(26)18(14-29)20(11-16)27-15-6-8-32(31)9-7-15;1-2/h10-11,14-15,27H,3-9,12-13H2,1-2H3;2H2,1H3. The van der Waals surface area contributed by atoms with Gasteiger partial charge in [0, 0.05) is 57.4 Å². The molecule has 2 heterocycles. The molecule has 0 amide bonds. The molecule has 0 radical (unpaired) electrons. The van der Waals surface area contributed by atoms with Crippen LogP contribution < -0.4 is 11.1 Å². The number of hydrogen-bond acceptors (Lipinski definition) is 5. The van der Waals surface area contributed by atoms with Gasteiger partial charge in [-0.1, -0.05) is 13.8 Å². The Balaban J connectivity index is 0.00000133. The summed E-state index contributed by atoms with van der Waals surface area (Å²) in [7, 11) is 0.709. The molecule has 1 fully saturated rings. The van der Waals surface area contributed by atoms with E-state index in [1.54, 1.807) is 0 Å². The molecule has 2 aromatic rings. The van der Waals surface area contributed by atoms with Crippen LogP contribution in [0.4, 0.5) is 10.1 Å². The number of aldehydes is 1. The van der Waals surface area contributed by atoms with Gasteiger partial charge in [0.2, 0.25) is 0 Å². The summed E-state index contributed by atoms with van der Waals surface area (Å²) in [4.78, 5) is 24.8. The van der Waals surface area contributed by atoms with Crippen LogP contribution in [0.15, 0.2) is 12.1 Å². The van der Waals surface area contributed by atoms with Crippen LogP contribution in [0.5, 0.6) is 0 Å². The number of anilines is 1. The third-order valence-corrected chi connectivity index (χ3v) is 8.50. The van der Waals surface area contributed by atoms with Gasteiger partial charge < -0.3 is 15.6 Å². The highest BCUT2D eigenvalue weighted by Gasteiger charge is 2.39. The van der Waals surface area contributed by atoms with Crippen molar-refractivity contribution in [2.45, 2.75) is 64.8 Å². The zero-order valence-corrected chi connectivity index (χ0v) is 21.0. The van der Waals surface area contributed by atoms with E-state index in [9.17, 15) is 13.8 Å². The Hall–Kier alpha value is -2.32. The maximum Gasteiger partial charge on any atom is 0.165 e. The molecular weight excluding hydrogens is 453 g/mol. The summed E-state index contributed by atoms with van der Waals surface area (Å²) in [5.41, 5.74) is 9.59. The minimum absolute atomic E-state index is 0.0227. The molecule has 0 unspecified atom stereocenters. The second kappa shape index (κ2) is 9.74. The lowest BCUT2D eigenvalue weighted by molar-refractivity contribution is 0.0909. The SMILES string of the molecule is CC1(C)CC(=O)c2c3c(n(-c4cc(F)c(C=O)c(NC5CCS(=O)CC5)c4)c2C1)CCC3.CN. The number of halogens is 1. The van der Waals surface area contributed by atoms with E-state index < -0.39 is 16.6 Å². The van der Waals surface area contributed by atoms with Crippen LogP contribution in [0.2, 0.25) is 0 Å². The smallest absolute Gasteiger partial charge is 0.165 e. The van der Waals surface area contributed by atoms with Crippen molar-refractivity contribution in [3.05, 3.63) is 46.0 Å². The van der Waals surface area contributed by atoms with E-state index in [0.717, 1.165) is 61.0 Å². The molecule has 1 aromatic carbocycles. The number of carbonyl (C=O) groups excluding carboxylic acids is 2. The van der Waals surface area contributed by atoms with Gasteiger partial charge in [0.25, 0.3) is 0 Å². The van der Waals surface area contributed by atoms with Crippen molar-refractivity contribution in [1.82, 2.24) is 4.57 Å². The Morgan fingerprint density at radius 2 is 1.85 bits per heavy atom. The molecule has 0 spiro atoms. The lowest BCUT2D eigenvalue weighted by Crippen LogP contribution is -2.30. The average molecular weight is 488 g/mol. The maximum absolute atomic E-state index is 15.1. The molecule has 1 saturated heterocycles. The average Bonchev–Trinajstić information content (AvgIpc) is 3.35. The van der Waals surface area contributed by atoms with Crippen molar-refractivity contribution < 1.29 is 18.2 Å². The summed E-state index contributed by atoms with van der Waals surface area (Å²) in [6.07, 6.45) is 6.06. The zero-order valence-electron chi connectivity index (χ0n) is 20.2. The second-order valence-corrected chi connectivity index (χ2v) is 11.8. The van der Waals surface area contributed by atoms with Crippen molar-refractivity contribution in [1.29, 1.82) is 0 Å². The largest absolute Gasteiger partial charge is 0.382 e. The van der Waals surface area contributed by atoms with Crippen molar-refractivity contribution in [2.75, 3.05) is 23.9 Å². The number of ketones is 1. The fraction of sp³-hybridized carbons (Fsp3) is 0.538. The van der Waals surface area contributed by atoms with Gasteiger partial charge in [-0.05, 0) is 68.7 Å². The van der Waals surface area contributed by atoms with Gasteiger partial charge in [0.15, 0.2) is 12.1 Å². The first kappa shape index (κ1) is 24.8. The van der Waals surface area contributed by atoms with E-state index in [4.69, 9.17) is 0 Å². The van der Waals surface area contributed by atoms with Crippen molar-refractivity contribution in [3.8, 4) is 5.69 Å². The number of aromatic nitrogens is 1. The third kappa shape index (κ3) is 4.50. The molecule has 0 bridgehead atoms. The molecule has 2 aliphatic carbocycles. The summed E-state index contributed by atoms with van der Waals surface area (Å²) in [5, 5.41) is 3.35. The zero-order chi connectivity index (χ0) is 24.6. The Kier molecular flexibility index (Phi) is 7.10. The lowest BCUT2D eigenvalue weighted by atomic mass is 9.75. The molecule has 0 atom stereocenters. The molecule has 6 nitrogen and oxygen atoms in total. The van der Waals surface area contributed by atoms with Gasteiger partial charge in [0.1, 0.15) is 5.82 Å². The van der Waals surface area contributed by atoms with E-state index in [1.807, 2.05) is 6.07 Å². The molecule has 0 saturated carbocycles. The highest BCUT2D eigenvalue weighted by Crippen LogP contribution is 2.43. The van der Waals surface area contributed by atoms with Crippen LogP contribution >= 0.6 is 0 Å². The number of Topliss-reactive ketones (excluding diaryl/α,β-unsaturated/α-hetero) is 1. The van der Waals surface area contributed by atoms with E-state index in [2.05, 4.69) is 29.5 Å². The quantitative estimate of drug-likeness (QED) is 0.637. The predicted octanol–water partition coefficient (Wildman–Crippen LogP) is 3.97. The first-order valence-corrected chi connectivity index (χ1v) is 13.5. The fourth-order valence-corrected chi connectivity index (χ4v) is 6.97. The number of hydrogen-bond donors (Lipinski definition) is 2. The molecule has 184 valence electrons. The molecule has 3 N–H and O–H groups in total. The summed E-state index contributed by atoms with van der Waals surface area (Å²) in [5.74, 6) is 0.861. The summed E-state index contributed by atoms with van der Waals surface area (Å²) in [6.45, 7) is 4.21. The Bertz CT molecular complexity index is 1140. The number of carbonyl (C=O) groups is 2. The summed E-state index contributed by atoms with van der Waals surface area (Å²) >= 11 is 0. The van der Waals surface area contributed by atoms with E-state index in [1.165, 1.54) is 13.1 Å². The monoisotopic (exact) mass is 487 g/mol. The Morgan fingerprint density at radius 3 is 2.53 bits per heavy atom. The van der Waals surface area contributed by atoms with E-state index in [0.29, 0.717) is 35.6 Å². The predicted molar refractivity (Wildman–Crippen MR) is 134 cm³/mol. The van der Waals surface area contributed by atoms with Gasteiger partial charge in [-0.25, -0.2) is 4.39 Å². The number of nitrogens with one attached hydrogen (secondary N) is 1. The van der Waals surface area contributed by atoms with Crippen molar-refractivity contribution in [2.24, 2.45) is 11.1 Å². The van der Waals surface area contributed by atoms with Crippen LogP contribution in [0.3, 0.4) is 0 Å². The van der Waals surface area contributed by atoms with Crippen molar-refractivity contribution >= 4 is 28.6 Å². The highest BCUT2D eigenvalue weighted by molar-refractivity contribution is 7.85. The van der Waals surface area contributed by atoms with E-state index >= 15 is 4.39 Å². The number of fused-ring (bicyclic) bond motifs is 3. The minimum atomic E-state index is -0.791. The number of rotatable bonds is 4. The van der Waals surface area contributed by atoms with Crippen LogP contribution in [0.1, 0.15) is 77.2 Å². The van der Waals surface area contributed by atoms with Crippen LogP contribution in [-0.2, 0) is 30.1 Å². The van der Waals surface area contributed by atoms with Gasteiger partial charge in [0.05, 0.1) is 11.3 Å². The fourth-order valence-electron chi connectivity index (χ4n) is 5.67. The van der Waals surface area contributed by atoms with Crippen LogP contribution in [0, 0.1) is 11.2 Å². The molecule has 1 aliphatic heterocycles. The van der Waals surface area contributed by atoms with Gasteiger partial charge >= 0.3 is 0 Å². The Morgan fingerprint density at radius 1 is 1.15 bits per heavy atom. The molecule has 34 heavy (non-hydrogen) atoms. The van der Waals surface area contributed by atoms with E-state index in [-0.39, 0.29) is 22.8 Å². The number of benzene rings is 1. The highest BCUT2D eigenvalue weighted by atomic mass is 32.2. The van der Waals surface area contributed by atoms with Crippen LogP contribution in [-0.4, -0.2) is 45.4 Å². The van der Waals surface area contributed by atoms with Crippen molar-refractivity contribution in [3.63, 3.8) is 0 Å². The Labute approximate surface area is 202 Å². The number of nitrogens with zero attached hydrogens (tertiary/aromatic N) is 1. The van der Waals surface area contributed by atoms with Gasteiger partial charge in [-0.15, -0.1) is 0 Å². The van der Waals surface area contributed by atoms with Gasteiger partial charge in [-0.2, -0.15) is 0 Å². The third-order valence-electron chi connectivity index (χ3n) is 7.12. The molecule has 8 heteroatoms. The molecule has 1 aromatic heterocycles. The summed E-state index contributed by atoms with van der Waals surface area (Å²) < 4.78 is 28.9.